The lowest BCUT2D eigenvalue weighted by Crippen LogP contribution is -2.47. The van der Waals surface area contributed by atoms with Gasteiger partial charge in [0, 0.05) is 32.7 Å². The minimum atomic E-state index is 0. The smallest absolute Gasteiger partial charge is 0.161 e. The van der Waals surface area contributed by atoms with Crippen molar-refractivity contribution in [3.8, 4) is 11.5 Å². The first-order valence-corrected chi connectivity index (χ1v) is 11.0. The Morgan fingerprint density at radius 1 is 0.774 bits per heavy atom. The third-order valence-corrected chi connectivity index (χ3v) is 5.55. The zero-order valence-electron chi connectivity index (χ0n) is 19.1. The van der Waals surface area contributed by atoms with Crippen molar-refractivity contribution >= 4 is 24.8 Å². The third-order valence-electron chi connectivity index (χ3n) is 5.55. The first-order valence-electron chi connectivity index (χ1n) is 11.0. The molecule has 2 aromatic carbocycles. The molecular weight excluding hydrogens is 431 g/mol. The van der Waals surface area contributed by atoms with E-state index >= 15 is 0 Å². The van der Waals surface area contributed by atoms with Gasteiger partial charge in [0.25, 0.3) is 0 Å². The van der Waals surface area contributed by atoms with Crippen LogP contribution in [-0.2, 0) is 12.8 Å². The topological polar surface area (TPSA) is 24.9 Å². The molecule has 1 saturated heterocycles. The molecule has 0 amide bonds. The molecule has 0 N–H and O–H groups in total. The quantitative estimate of drug-likeness (QED) is 0.482. The largest absolute Gasteiger partial charge is 0.493 e. The van der Waals surface area contributed by atoms with Gasteiger partial charge in [-0.15, -0.1) is 24.8 Å². The van der Waals surface area contributed by atoms with E-state index in [1.807, 2.05) is 19.9 Å². The van der Waals surface area contributed by atoms with Gasteiger partial charge in [0.1, 0.15) is 0 Å². The molecule has 4 nitrogen and oxygen atoms in total. The second kappa shape index (κ2) is 14.6. The number of ether oxygens (including phenoxy) is 2. The minimum Gasteiger partial charge on any atom is -0.493 e. The summed E-state index contributed by atoms with van der Waals surface area (Å²) in [5.74, 6) is 1.66. The van der Waals surface area contributed by atoms with Crippen LogP contribution in [0.15, 0.2) is 48.5 Å². The lowest BCUT2D eigenvalue weighted by Gasteiger charge is -2.34. The van der Waals surface area contributed by atoms with E-state index in [1.54, 1.807) is 7.11 Å². The predicted molar refractivity (Wildman–Crippen MR) is 135 cm³/mol. The van der Waals surface area contributed by atoms with E-state index in [0.717, 1.165) is 37.6 Å². The number of hydrogen-bond acceptors (Lipinski definition) is 4. The van der Waals surface area contributed by atoms with Gasteiger partial charge in [-0.1, -0.05) is 36.4 Å². The van der Waals surface area contributed by atoms with Crippen LogP contribution in [0.1, 0.15) is 31.4 Å². The zero-order chi connectivity index (χ0) is 20.5. The van der Waals surface area contributed by atoms with Gasteiger partial charge in [-0.25, -0.2) is 0 Å². The Balaban J connectivity index is 0.00000240. The van der Waals surface area contributed by atoms with Gasteiger partial charge in [-0.05, 0) is 62.9 Å². The van der Waals surface area contributed by atoms with E-state index in [0.29, 0.717) is 0 Å². The number of piperazine rings is 1. The van der Waals surface area contributed by atoms with E-state index in [-0.39, 0.29) is 30.9 Å². The number of methoxy groups -OCH3 is 1. The Hall–Kier alpha value is -1.46. The average molecular weight is 469 g/mol. The Bertz CT molecular complexity index is 736. The van der Waals surface area contributed by atoms with Crippen LogP contribution < -0.4 is 9.47 Å². The highest BCUT2D eigenvalue weighted by molar-refractivity contribution is 5.85. The molecule has 0 atom stereocenters. The van der Waals surface area contributed by atoms with E-state index < -0.39 is 0 Å². The molecule has 0 aliphatic carbocycles. The number of benzene rings is 2. The maximum absolute atomic E-state index is 5.82. The summed E-state index contributed by atoms with van der Waals surface area (Å²) < 4.78 is 11.3. The molecule has 2 aromatic rings. The van der Waals surface area contributed by atoms with Gasteiger partial charge >= 0.3 is 0 Å². The summed E-state index contributed by atoms with van der Waals surface area (Å²) in [6, 6.07) is 17.1. The molecule has 31 heavy (non-hydrogen) atoms. The van der Waals surface area contributed by atoms with Crippen molar-refractivity contribution in [3.63, 3.8) is 0 Å². The predicted octanol–water partition coefficient (Wildman–Crippen LogP) is 5.12. The van der Waals surface area contributed by atoms with Crippen molar-refractivity contribution in [1.82, 2.24) is 9.80 Å². The number of nitrogens with zero attached hydrogens (tertiary/aromatic N) is 2. The van der Waals surface area contributed by atoms with Crippen molar-refractivity contribution in [2.45, 2.75) is 39.2 Å². The van der Waals surface area contributed by atoms with Crippen LogP contribution in [0.4, 0.5) is 0 Å². The summed E-state index contributed by atoms with van der Waals surface area (Å²) in [7, 11) is 1.71. The number of aryl methyl sites for hydroxylation is 1. The monoisotopic (exact) mass is 468 g/mol. The summed E-state index contributed by atoms with van der Waals surface area (Å²) in [5.41, 5.74) is 2.76. The molecule has 0 bridgehead atoms. The van der Waals surface area contributed by atoms with Crippen molar-refractivity contribution in [2.24, 2.45) is 0 Å². The third kappa shape index (κ3) is 9.28. The Labute approximate surface area is 200 Å². The summed E-state index contributed by atoms with van der Waals surface area (Å²) >= 11 is 0. The fourth-order valence-corrected chi connectivity index (χ4v) is 3.89. The lowest BCUT2D eigenvalue weighted by molar-refractivity contribution is 0.132. The maximum Gasteiger partial charge on any atom is 0.161 e. The van der Waals surface area contributed by atoms with Crippen LogP contribution in [0.25, 0.3) is 0 Å². The van der Waals surface area contributed by atoms with Crippen LogP contribution >= 0.6 is 24.8 Å². The van der Waals surface area contributed by atoms with Gasteiger partial charge in [0.15, 0.2) is 11.5 Å². The minimum absolute atomic E-state index is 0. The summed E-state index contributed by atoms with van der Waals surface area (Å²) in [6.07, 6.45) is 3.62. The van der Waals surface area contributed by atoms with Gasteiger partial charge in [-0.2, -0.15) is 0 Å². The van der Waals surface area contributed by atoms with Gasteiger partial charge in [-0.3, -0.25) is 0 Å². The Morgan fingerprint density at radius 3 is 2.03 bits per heavy atom. The molecule has 0 radical (unpaired) electrons. The molecule has 1 heterocycles. The Morgan fingerprint density at radius 2 is 1.42 bits per heavy atom. The van der Waals surface area contributed by atoms with E-state index in [9.17, 15) is 0 Å². The first kappa shape index (κ1) is 27.6. The van der Waals surface area contributed by atoms with Crippen molar-refractivity contribution in [1.29, 1.82) is 0 Å². The highest BCUT2D eigenvalue weighted by Crippen LogP contribution is 2.29. The fraction of sp³-hybridized carbons (Fsp3) is 0.520. The molecule has 174 valence electrons. The van der Waals surface area contributed by atoms with Gasteiger partial charge in [0.05, 0.1) is 13.2 Å². The van der Waals surface area contributed by atoms with Gasteiger partial charge < -0.3 is 19.3 Å². The van der Waals surface area contributed by atoms with Crippen LogP contribution in [0, 0.1) is 0 Å². The Kier molecular flexibility index (Phi) is 13.0. The molecule has 1 aliphatic rings. The molecule has 0 spiro atoms. The molecule has 1 aliphatic heterocycles. The fourth-order valence-electron chi connectivity index (χ4n) is 3.89. The van der Waals surface area contributed by atoms with E-state index in [2.05, 4.69) is 52.3 Å². The number of hydrogen-bond donors (Lipinski definition) is 0. The molecular formula is C25H38Cl2N2O2. The molecule has 0 aromatic heterocycles. The van der Waals surface area contributed by atoms with Gasteiger partial charge in [0.2, 0.25) is 0 Å². The standard InChI is InChI=1S/C25H36N2O2.2ClH/c1-21(2)29-24-12-11-23(20-25(24)28-3)13-15-27-18-16-26(17-19-27)14-7-10-22-8-5-4-6-9-22;;/h4-6,8-9,11-12,20-21H,7,10,13-19H2,1-3H3;2*1H. The summed E-state index contributed by atoms with van der Waals surface area (Å²) in [6.45, 7) is 11.1. The second-order valence-electron chi connectivity index (χ2n) is 8.17. The highest BCUT2D eigenvalue weighted by Gasteiger charge is 2.16. The molecule has 0 unspecified atom stereocenters. The lowest BCUT2D eigenvalue weighted by atomic mass is 10.1. The SMILES string of the molecule is COc1cc(CCN2CCN(CCCc3ccccc3)CC2)ccc1OC(C)C.Cl.Cl. The van der Waals surface area contributed by atoms with Crippen LogP contribution in [0.5, 0.6) is 11.5 Å². The maximum atomic E-state index is 5.82. The van der Waals surface area contributed by atoms with E-state index in [4.69, 9.17) is 9.47 Å². The molecule has 1 fully saturated rings. The van der Waals surface area contributed by atoms with Crippen LogP contribution in [0.3, 0.4) is 0 Å². The zero-order valence-corrected chi connectivity index (χ0v) is 20.7. The normalized spacial score (nSPS) is 14.6. The van der Waals surface area contributed by atoms with Crippen molar-refractivity contribution in [2.75, 3.05) is 46.4 Å². The molecule has 6 heteroatoms. The summed E-state index contributed by atoms with van der Waals surface area (Å²) in [5, 5.41) is 0. The van der Waals surface area contributed by atoms with Crippen LogP contribution in [-0.4, -0.2) is 62.3 Å². The van der Waals surface area contributed by atoms with E-state index in [1.165, 1.54) is 43.6 Å². The number of rotatable bonds is 10. The summed E-state index contributed by atoms with van der Waals surface area (Å²) in [4.78, 5) is 5.19. The first-order chi connectivity index (χ1) is 14.1. The average Bonchev–Trinajstić information content (AvgIpc) is 2.74. The molecule has 0 saturated carbocycles. The highest BCUT2D eigenvalue weighted by atomic mass is 35.5. The van der Waals surface area contributed by atoms with Crippen LogP contribution in [0.2, 0.25) is 0 Å². The number of halogens is 2. The van der Waals surface area contributed by atoms with Crippen molar-refractivity contribution < 1.29 is 9.47 Å². The molecule has 3 rings (SSSR count). The van der Waals surface area contributed by atoms with Crippen molar-refractivity contribution in [3.05, 3.63) is 59.7 Å². The second-order valence-corrected chi connectivity index (χ2v) is 8.17.